The lowest BCUT2D eigenvalue weighted by Crippen LogP contribution is -2.39. The molecule has 0 fully saturated rings. The fourth-order valence-corrected chi connectivity index (χ4v) is 5.45. The first kappa shape index (κ1) is 31.7. The zero-order valence-corrected chi connectivity index (χ0v) is 26.4. The molecule has 1 aliphatic rings. The number of nitrogens with zero attached hydrogens (tertiary/aromatic N) is 2. The predicted octanol–water partition coefficient (Wildman–Crippen LogP) is 6.13. The van der Waals surface area contributed by atoms with Gasteiger partial charge < -0.3 is 24.4 Å². The molecule has 43 heavy (non-hydrogen) atoms. The van der Waals surface area contributed by atoms with E-state index in [-0.39, 0.29) is 25.2 Å². The topological polar surface area (TPSA) is 107 Å². The lowest BCUT2D eigenvalue weighted by molar-refractivity contribution is -0.157. The van der Waals surface area contributed by atoms with E-state index in [2.05, 4.69) is 10.3 Å². The van der Waals surface area contributed by atoms with Gasteiger partial charge in [-0.2, -0.15) is 0 Å². The van der Waals surface area contributed by atoms with Crippen molar-refractivity contribution in [2.24, 2.45) is 0 Å². The number of rotatable bonds is 8. The van der Waals surface area contributed by atoms with Crippen molar-refractivity contribution in [3.05, 3.63) is 81.3 Å². The highest BCUT2D eigenvalue weighted by atomic mass is 32.1. The van der Waals surface area contributed by atoms with Crippen LogP contribution in [0.1, 0.15) is 72.8 Å². The zero-order valence-electron chi connectivity index (χ0n) is 25.6. The van der Waals surface area contributed by atoms with Gasteiger partial charge in [0.25, 0.3) is 5.91 Å². The van der Waals surface area contributed by atoms with Crippen LogP contribution in [0.2, 0.25) is 0 Å². The normalized spacial score (nSPS) is 13.6. The van der Waals surface area contributed by atoms with Crippen LogP contribution in [0.15, 0.2) is 54.9 Å². The van der Waals surface area contributed by atoms with Crippen molar-refractivity contribution in [2.75, 3.05) is 19.7 Å². The van der Waals surface area contributed by atoms with Crippen LogP contribution < -0.4 is 10.1 Å². The molecule has 3 heterocycles. The largest absolute Gasteiger partial charge is 0.482 e. The van der Waals surface area contributed by atoms with Gasteiger partial charge in [-0.15, -0.1) is 11.3 Å². The Balaban J connectivity index is 1.43. The Bertz CT molecular complexity index is 1470. The number of carbonyl (C=O) groups is 3. The zero-order chi connectivity index (χ0) is 31.2. The second-order valence-corrected chi connectivity index (χ2v) is 13.4. The van der Waals surface area contributed by atoms with E-state index in [0.29, 0.717) is 30.1 Å². The van der Waals surface area contributed by atoms with Gasteiger partial charge in [-0.1, -0.05) is 18.2 Å². The number of nitrogens with one attached hydrogen (secondary N) is 1. The molecular formula is C33H39N3O6S. The molecule has 1 aliphatic heterocycles. The molecule has 1 aromatic carbocycles. The molecule has 10 heteroatoms. The van der Waals surface area contributed by atoms with Gasteiger partial charge in [0.1, 0.15) is 17.0 Å². The van der Waals surface area contributed by atoms with Crippen molar-refractivity contribution in [1.82, 2.24) is 15.2 Å². The van der Waals surface area contributed by atoms with Crippen molar-refractivity contribution in [2.45, 2.75) is 65.7 Å². The number of amides is 2. The standard InChI is InChI=1S/C33H39N3O6S/c1-32(2,3)41-29(37)21-40-26-11-9-23(10-12-26)24(16-22-8-7-14-34-18-22)19-35-30(38)28-17-25-20-36(15-13-27(25)43-28)31(39)42-33(4,5)6/h7-12,14,16-18H,13,15,19-21H2,1-6H3,(H,35,38). The number of benzene rings is 1. The van der Waals surface area contributed by atoms with Crippen LogP contribution in [0.25, 0.3) is 11.6 Å². The van der Waals surface area contributed by atoms with Crippen LogP contribution in [0.3, 0.4) is 0 Å². The molecule has 0 saturated heterocycles. The van der Waals surface area contributed by atoms with Crippen LogP contribution >= 0.6 is 11.3 Å². The first-order valence-corrected chi connectivity index (χ1v) is 15.0. The minimum absolute atomic E-state index is 0.183. The molecule has 9 nitrogen and oxygen atoms in total. The van der Waals surface area contributed by atoms with Gasteiger partial charge >= 0.3 is 12.1 Å². The molecule has 2 amide bonds. The number of pyridine rings is 1. The first-order valence-electron chi connectivity index (χ1n) is 14.2. The Labute approximate surface area is 256 Å². The van der Waals surface area contributed by atoms with E-state index in [1.807, 2.05) is 57.2 Å². The second kappa shape index (κ2) is 13.4. The van der Waals surface area contributed by atoms with Gasteiger partial charge in [0.2, 0.25) is 0 Å². The molecule has 4 rings (SSSR count). The molecule has 0 atom stereocenters. The Morgan fingerprint density at radius 2 is 1.74 bits per heavy atom. The molecule has 228 valence electrons. The summed E-state index contributed by atoms with van der Waals surface area (Å²) in [6, 6.07) is 13.0. The number of hydrogen-bond acceptors (Lipinski definition) is 8. The van der Waals surface area contributed by atoms with E-state index in [4.69, 9.17) is 14.2 Å². The summed E-state index contributed by atoms with van der Waals surface area (Å²) in [4.78, 5) is 45.4. The number of hydrogen-bond donors (Lipinski definition) is 1. The van der Waals surface area contributed by atoms with Crippen molar-refractivity contribution in [1.29, 1.82) is 0 Å². The third kappa shape index (κ3) is 9.68. The highest BCUT2D eigenvalue weighted by Gasteiger charge is 2.28. The third-order valence-corrected chi connectivity index (χ3v) is 7.44. The molecule has 0 spiro atoms. The summed E-state index contributed by atoms with van der Waals surface area (Å²) in [6.07, 6.45) is 5.77. The number of ether oxygens (including phenoxy) is 3. The highest BCUT2D eigenvalue weighted by Crippen LogP contribution is 2.29. The first-order chi connectivity index (χ1) is 20.3. The molecule has 0 radical (unpaired) electrons. The lowest BCUT2D eigenvalue weighted by atomic mass is 10.0. The van der Waals surface area contributed by atoms with E-state index < -0.39 is 17.2 Å². The minimum Gasteiger partial charge on any atom is -0.482 e. The fraction of sp³-hybridized carbons (Fsp3) is 0.394. The summed E-state index contributed by atoms with van der Waals surface area (Å²) in [5.74, 6) is -0.0918. The fourth-order valence-electron chi connectivity index (χ4n) is 4.37. The van der Waals surface area contributed by atoms with Crippen molar-refractivity contribution >= 4 is 41.0 Å². The molecule has 3 aromatic rings. The van der Waals surface area contributed by atoms with Crippen LogP contribution in [0.4, 0.5) is 4.79 Å². The third-order valence-electron chi connectivity index (χ3n) is 6.21. The number of fused-ring (bicyclic) bond motifs is 1. The van der Waals surface area contributed by atoms with Crippen molar-refractivity contribution in [3.8, 4) is 5.75 Å². The Morgan fingerprint density at radius 1 is 1.02 bits per heavy atom. The number of aromatic nitrogens is 1. The van der Waals surface area contributed by atoms with Crippen LogP contribution in [-0.4, -0.2) is 58.8 Å². The molecular weight excluding hydrogens is 566 g/mol. The minimum atomic E-state index is -0.580. The SMILES string of the molecule is CC(C)(C)OC(=O)COc1ccc(C(=Cc2cccnc2)CNC(=O)c2cc3c(s2)CCN(C(=O)OC(C)(C)C)C3)cc1. The summed E-state index contributed by atoms with van der Waals surface area (Å²) in [5, 5.41) is 3.05. The smallest absolute Gasteiger partial charge is 0.410 e. The van der Waals surface area contributed by atoms with E-state index in [9.17, 15) is 14.4 Å². The maximum atomic E-state index is 13.2. The molecule has 1 N–H and O–H groups in total. The van der Waals surface area contributed by atoms with Crippen molar-refractivity contribution in [3.63, 3.8) is 0 Å². The lowest BCUT2D eigenvalue weighted by Gasteiger charge is -2.29. The van der Waals surface area contributed by atoms with Gasteiger partial charge in [-0.05, 0) is 101 Å². The molecule has 0 aliphatic carbocycles. The molecule has 2 aromatic heterocycles. The van der Waals surface area contributed by atoms with E-state index in [1.165, 1.54) is 11.3 Å². The maximum absolute atomic E-state index is 13.2. The second-order valence-electron chi connectivity index (χ2n) is 12.2. The average molecular weight is 606 g/mol. The van der Waals surface area contributed by atoms with E-state index in [0.717, 1.165) is 27.1 Å². The summed E-state index contributed by atoms with van der Waals surface area (Å²) >= 11 is 1.46. The van der Waals surface area contributed by atoms with Crippen LogP contribution in [-0.2, 0) is 27.2 Å². The van der Waals surface area contributed by atoms with E-state index in [1.54, 1.807) is 50.2 Å². The summed E-state index contributed by atoms with van der Waals surface area (Å²) in [5.41, 5.74) is 2.48. The quantitative estimate of drug-likeness (QED) is 0.308. The number of carbonyl (C=O) groups excluding carboxylic acids is 3. The Morgan fingerprint density at radius 3 is 2.40 bits per heavy atom. The highest BCUT2D eigenvalue weighted by molar-refractivity contribution is 7.14. The molecule has 0 unspecified atom stereocenters. The number of esters is 1. The van der Waals surface area contributed by atoms with Gasteiger partial charge in [-0.3, -0.25) is 9.78 Å². The van der Waals surface area contributed by atoms with Gasteiger partial charge in [-0.25, -0.2) is 9.59 Å². The Kier molecular flexibility index (Phi) is 9.91. The van der Waals surface area contributed by atoms with Crippen molar-refractivity contribution < 1.29 is 28.6 Å². The average Bonchev–Trinajstić information content (AvgIpc) is 3.37. The maximum Gasteiger partial charge on any atom is 0.410 e. The van der Waals surface area contributed by atoms with Gasteiger partial charge in [0.15, 0.2) is 6.61 Å². The van der Waals surface area contributed by atoms with E-state index >= 15 is 0 Å². The van der Waals surface area contributed by atoms with Gasteiger partial charge in [0.05, 0.1) is 11.4 Å². The van der Waals surface area contributed by atoms with Gasteiger partial charge in [0, 0.05) is 30.4 Å². The summed E-state index contributed by atoms with van der Waals surface area (Å²) in [6.45, 7) is 12.0. The molecule has 0 saturated carbocycles. The Hall–Kier alpha value is -4.18. The summed E-state index contributed by atoms with van der Waals surface area (Å²) in [7, 11) is 0. The molecule has 0 bridgehead atoms. The van der Waals surface area contributed by atoms with Crippen LogP contribution in [0, 0.1) is 0 Å². The monoisotopic (exact) mass is 605 g/mol. The predicted molar refractivity (Wildman–Crippen MR) is 167 cm³/mol. The number of thiophene rings is 1. The summed E-state index contributed by atoms with van der Waals surface area (Å²) < 4.78 is 16.4. The van der Waals surface area contributed by atoms with Crippen LogP contribution in [0.5, 0.6) is 5.75 Å².